The van der Waals surface area contributed by atoms with Gasteiger partial charge in [0, 0.05) is 0 Å². The van der Waals surface area contributed by atoms with Gasteiger partial charge in [0.2, 0.25) is 0 Å². The van der Waals surface area contributed by atoms with Gasteiger partial charge in [0.05, 0.1) is 24.4 Å². The number of halogens is 1. The van der Waals surface area contributed by atoms with Crippen LogP contribution in [-0.4, -0.2) is 25.1 Å². The van der Waals surface area contributed by atoms with Gasteiger partial charge in [0.15, 0.2) is 11.5 Å². The third-order valence-corrected chi connectivity index (χ3v) is 4.99. The molecule has 170 valence electrons. The number of carbonyl (C=O) groups excluding carboxylic acids is 2. The molecule has 0 aliphatic heterocycles. The Bertz CT molecular complexity index is 1120. The normalized spacial score (nSPS) is 11.6. The van der Waals surface area contributed by atoms with Gasteiger partial charge in [-0.15, -0.1) is 0 Å². The molecule has 0 spiro atoms. The molecule has 3 rings (SSSR count). The zero-order valence-electron chi connectivity index (χ0n) is 18.2. The second-order valence-corrected chi connectivity index (χ2v) is 7.52. The van der Waals surface area contributed by atoms with E-state index in [0.717, 1.165) is 11.1 Å². The Balaban J connectivity index is 1.59. The second kappa shape index (κ2) is 11.7. The summed E-state index contributed by atoms with van der Waals surface area (Å²) in [6, 6.07) is 22.0. The minimum Gasteiger partial charge on any atom is -0.493 e. The molecule has 0 unspecified atom stereocenters. The van der Waals surface area contributed by atoms with E-state index in [1.165, 1.54) is 13.3 Å². The van der Waals surface area contributed by atoms with Crippen molar-refractivity contribution < 1.29 is 19.1 Å². The van der Waals surface area contributed by atoms with Gasteiger partial charge in [-0.2, -0.15) is 5.10 Å². The van der Waals surface area contributed by atoms with Crippen molar-refractivity contribution >= 4 is 29.6 Å². The molecule has 33 heavy (non-hydrogen) atoms. The van der Waals surface area contributed by atoms with Crippen LogP contribution in [0.3, 0.4) is 0 Å². The van der Waals surface area contributed by atoms with Gasteiger partial charge in [-0.3, -0.25) is 9.59 Å². The molecule has 8 heteroatoms. The van der Waals surface area contributed by atoms with E-state index in [1.807, 2.05) is 60.7 Å². The molecule has 0 saturated heterocycles. The van der Waals surface area contributed by atoms with Crippen LogP contribution in [0.1, 0.15) is 29.7 Å². The minimum absolute atomic E-state index is 0.320. The molecule has 0 aliphatic rings. The lowest BCUT2D eigenvalue weighted by molar-refractivity contribution is -0.139. The Morgan fingerprint density at radius 2 is 1.70 bits per heavy atom. The molecular weight excluding hydrogens is 442 g/mol. The van der Waals surface area contributed by atoms with Crippen molar-refractivity contribution in [3.63, 3.8) is 0 Å². The summed E-state index contributed by atoms with van der Waals surface area (Å²) in [5.41, 5.74) is 4.64. The van der Waals surface area contributed by atoms with Gasteiger partial charge in [0.25, 0.3) is 0 Å². The number of nitrogens with one attached hydrogen (secondary N) is 2. The fourth-order valence-electron chi connectivity index (χ4n) is 2.99. The Hall–Kier alpha value is -3.84. The van der Waals surface area contributed by atoms with Crippen LogP contribution in [0.2, 0.25) is 5.02 Å². The van der Waals surface area contributed by atoms with Crippen molar-refractivity contribution in [1.29, 1.82) is 0 Å². The number of benzene rings is 3. The second-order valence-electron chi connectivity index (χ2n) is 7.11. The van der Waals surface area contributed by atoms with E-state index in [2.05, 4.69) is 15.8 Å². The predicted molar refractivity (Wildman–Crippen MR) is 128 cm³/mol. The van der Waals surface area contributed by atoms with E-state index in [-0.39, 0.29) is 6.04 Å². The first kappa shape index (κ1) is 23.8. The SMILES string of the molecule is COc1cc(/C=N\NC(=O)C(=O)N[C@H](C)c2ccccc2)cc(Cl)c1OCc1ccccc1. The highest BCUT2D eigenvalue weighted by Gasteiger charge is 2.16. The highest BCUT2D eigenvalue weighted by molar-refractivity contribution is 6.35. The van der Waals surface area contributed by atoms with Crippen LogP contribution in [0.4, 0.5) is 0 Å². The van der Waals surface area contributed by atoms with Crippen LogP contribution >= 0.6 is 11.6 Å². The number of methoxy groups -OCH3 is 1. The average Bonchev–Trinajstić information content (AvgIpc) is 2.84. The van der Waals surface area contributed by atoms with Crippen molar-refractivity contribution in [2.75, 3.05) is 7.11 Å². The number of nitrogens with zero attached hydrogens (tertiary/aromatic N) is 1. The number of hydrogen-bond donors (Lipinski definition) is 2. The van der Waals surface area contributed by atoms with E-state index < -0.39 is 11.8 Å². The maximum absolute atomic E-state index is 12.1. The molecule has 0 aliphatic carbocycles. The highest BCUT2D eigenvalue weighted by Crippen LogP contribution is 2.36. The van der Waals surface area contributed by atoms with Crippen LogP contribution < -0.4 is 20.2 Å². The molecule has 3 aromatic rings. The molecule has 2 amide bonds. The first-order chi connectivity index (χ1) is 16.0. The lowest BCUT2D eigenvalue weighted by atomic mass is 10.1. The molecule has 0 heterocycles. The quantitative estimate of drug-likeness (QED) is 0.295. The summed E-state index contributed by atoms with van der Waals surface area (Å²) in [7, 11) is 1.50. The zero-order valence-corrected chi connectivity index (χ0v) is 19.0. The van der Waals surface area contributed by atoms with E-state index >= 15 is 0 Å². The third kappa shape index (κ3) is 6.82. The smallest absolute Gasteiger partial charge is 0.329 e. The molecular formula is C25H24ClN3O4. The number of carbonyl (C=O) groups is 2. The van der Waals surface area contributed by atoms with Gasteiger partial charge in [-0.25, -0.2) is 5.43 Å². The Kier molecular flexibility index (Phi) is 8.43. The van der Waals surface area contributed by atoms with Crippen molar-refractivity contribution in [3.8, 4) is 11.5 Å². The van der Waals surface area contributed by atoms with Crippen LogP contribution in [0.25, 0.3) is 0 Å². The summed E-state index contributed by atoms with van der Waals surface area (Å²) in [5.74, 6) is -0.849. The number of rotatable bonds is 8. The molecule has 0 aromatic heterocycles. The summed E-state index contributed by atoms with van der Waals surface area (Å²) in [6.07, 6.45) is 1.36. The van der Waals surface area contributed by atoms with Crippen LogP contribution in [0, 0.1) is 0 Å². The van der Waals surface area contributed by atoms with E-state index in [1.54, 1.807) is 19.1 Å². The average molecular weight is 466 g/mol. The summed E-state index contributed by atoms with van der Waals surface area (Å²) >= 11 is 6.37. The van der Waals surface area contributed by atoms with Crippen LogP contribution in [0.15, 0.2) is 77.9 Å². The maximum atomic E-state index is 12.1. The summed E-state index contributed by atoms with van der Waals surface area (Å²) in [5, 5.41) is 6.79. The lowest BCUT2D eigenvalue weighted by Crippen LogP contribution is -2.39. The van der Waals surface area contributed by atoms with Crippen molar-refractivity contribution in [2.45, 2.75) is 19.6 Å². The first-order valence-electron chi connectivity index (χ1n) is 10.2. The van der Waals surface area contributed by atoms with E-state index in [4.69, 9.17) is 21.1 Å². The Morgan fingerprint density at radius 1 is 1.03 bits per heavy atom. The third-order valence-electron chi connectivity index (χ3n) is 4.71. The molecule has 0 bridgehead atoms. The van der Waals surface area contributed by atoms with Crippen molar-refractivity contribution in [3.05, 3.63) is 94.5 Å². The van der Waals surface area contributed by atoms with Gasteiger partial charge in [0.1, 0.15) is 6.61 Å². The predicted octanol–water partition coefficient (Wildman–Crippen LogP) is 4.26. The largest absolute Gasteiger partial charge is 0.493 e. The summed E-state index contributed by atoms with van der Waals surface area (Å²) < 4.78 is 11.2. The Labute approximate surface area is 197 Å². The number of hydrazone groups is 1. The molecule has 0 fully saturated rings. The molecule has 7 nitrogen and oxygen atoms in total. The van der Waals surface area contributed by atoms with Crippen molar-refractivity contribution in [2.24, 2.45) is 5.10 Å². The molecule has 1 atom stereocenters. The monoisotopic (exact) mass is 465 g/mol. The van der Waals surface area contributed by atoms with Crippen molar-refractivity contribution in [1.82, 2.24) is 10.7 Å². The maximum Gasteiger partial charge on any atom is 0.329 e. The topological polar surface area (TPSA) is 89.0 Å². The number of hydrogen-bond acceptors (Lipinski definition) is 5. The van der Waals surface area contributed by atoms with Gasteiger partial charge < -0.3 is 14.8 Å². The van der Waals surface area contributed by atoms with Crippen LogP contribution in [-0.2, 0) is 16.2 Å². The summed E-state index contributed by atoms with van der Waals surface area (Å²) in [4.78, 5) is 24.2. The van der Waals surface area contributed by atoms with Gasteiger partial charge >= 0.3 is 11.8 Å². The standard InChI is InChI=1S/C25H24ClN3O4/c1-17(20-11-7-4-8-12-20)28-24(30)25(31)29-27-15-19-13-21(26)23(22(14-19)32-2)33-16-18-9-5-3-6-10-18/h3-15,17H,16H2,1-2H3,(H,28,30)(H,29,31)/b27-15-/t17-/m1/s1. The van der Waals surface area contributed by atoms with Crippen LogP contribution in [0.5, 0.6) is 11.5 Å². The fraction of sp³-hybridized carbons (Fsp3) is 0.160. The Morgan fingerprint density at radius 3 is 2.36 bits per heavy atom. The van der Waals surface area contributed by atoms with E-state index in [9.17, 15) is 9.59 Å². The lowest BCUT2D eigenvalue weighted by Gasteiger charge is -2.13. The minimum atomic E-state index is -0.880. The number of ether oxygens (including phenoxy) is 2. The molecule has 3 aromatic carbocycles. The van der Waals surface area contributed by atoms with Gasteiger partial charge in [-0.1, -0.05) is 72.3 Å². The van der Waals surface area contributed by atoms with Gasteiger partial charge in [-0.05, 0) is 35.7 Å². The zero-order chi connectivity index (χ0) is 23.6. The van der Waals surface area contributed by atoms with E-state index in [0.29, 0.717) is 28.7 Å². The summed E-state index contributed by atoms with van der Waals surface area (Å²) in [6.45, 7) is 2.12. The first-order valence-corrected chi connectivity index (χ1v) is 10.6. The fourth-order valence-corrected chi connectivity index (χ4v) is 3.26. The highest BCUT2D eigenvalue weighted by atomic mass is 35.5. The molecule has 2 N–H and O–H groups in total. The number of amides is 2. The molecule has 0 saturated carbocycles. The molecule has 0 radical (unpaired) electrons.